The summed E-state index contributed by atoms with van der Waals surface area (Å²) in [6.07, 6.45) is 2.47. The van der Waals surface area contributed by atoms with Crippen molar-refractivity contribution in [2.45, 2.75) is 65.0 Å². The summed E-state index contributed by atoms with van der Waals surface area (Å²) in [5.41, 5.74) is 2.93. The minimum Gasteiger partial charge on any atom is -0.456 e. The Morgan fingerprint density at radius 1 is 1.05 bits per heavy atom. The Morgan fingerprint density at radius 2 is 1.68 bits per heavy atom. The highest BCUT2D eigenvalue weighted by atomic mass is 28.4. The summed E-state index contributed by atoms with van der Waals surface area (Å²) in [5.74, 6) is 0. The maximum atomic E-state index is 6.52. The highest BCUT2D eigenvalue weighted by Crippen LogP contribution is 2.25. The summed E-state index contributed by atoms with van der Waals surface area (Å²) in [7, 11) is -2.86. The van der Waals surface area contributed by atoms with Crippen LogP contribution >= 0.6 is 0 Å². The quantitative estimate of drug-likeness (QED) is 0.614. The van der Waals surface area contributed by atoms with Gasteiger partial charge in [0.25, 0.3) is 0 Å². The van der Waals surface area contributed by atoms with E-state index in [0.717, 1.165) is 0 Å². The zero-order chi connectivity index (χ0) is 14.5. The molecular formula is C16H30OSi2. The Bertz CT molecular complexity index is 398. The van der Waals surface area contributed by atoms with Crippen molar-refractivity contribution >= 4 is 16.6 Å². The Kier molecular flexibility index (Phi) is 6.02. The van der Waals surface area contributed by atoms with Crippen LogP contribution in [0.4, 0.5) is 0 Å². The molecule has 3 heteroatoms. The van der Waals surface area contributed by atoms with Crippen molar-refractivity contribution in [3.63, 3.8) is 0 Å². The second-order valence-corrected chi connectivity index (χ2v) is 15.9. The van der Waals surface area contributed by atoms with E-state index in [1.807, 2.05) is 0 Å². The number of aryl methyl sites for hydroxylation is 2. The molecule has 0 saturated carbocycles. The van der Waals surface area contributed by atoms with Crippen molar-refractivity contribution in [2.24, 2.45) is 0 Å². The van der Waals surface area contributed by atoms with Gasteiger partial charge in [0, 0.05) is 0 Å². The lowest BCUT2D eigenvalue weighted by Crippen LogP contribution is -2.44. The van der Waals surface area contributed by atoms with Crippen LogP contribution in [0.1, 0.15) is 24.5 Å². The van der Waals surface area contributed by atoms with E-state index >= 15 is 0 Å². The minimum atomic E-state index is -1.47. The topological polar surface area (TPSA) is 9.23 Å². The van der Waals surface area contributed by atoms with Gasteiger partial charge in [-0.15, -0.1) is 0 Å². The summed E-state index contributed by atoms with van der Waals surface area (Å²) in [6.45, 7) is 13.9. The van der Waals surface area contributed by atoms with Crippen molar-refractivity contribution in [3.8, 4) is 0 Å². The highest BCUT2D eigenvalue weighted by molar-refractivity contribution is 6.84. The van der Waals surface area contributed by atoms with Crippen LogP contribution in [-0.2, 0) is 10.5 Å². The van der Waals surface area contributed by atoms with Gasteiger partial charge in [-0.3, -0.25) is 0 Å². The molecule has 19 heavy (non-hydrogen) atoms. The molecule has 1 rings (SSSR count). The molecule has 0 aromatic heterocycles. The number of hydrogen-bond donors (Lipinski definition) is 0. The molecule has 0 amide bonds. The van der Waals surface area contributed by atoms with E-state index in [4.69, 9.17) is 4.12 Å². The molecule has 0 aliphatic carbocycles. The summed E-state index contributed by atoms with van der Waals surface area (Å²) in [5, 5.41) is 0. The van der Waals surface area contributed by atoms with Crippen molar-refractivity contribution in [1.29, 1.82) is 0 Å². The summed E-state index contributed by atoms with van der Waals surface area (Å²) < 4.78 is 6.52. The molecule has 0 aliphatic rings. The van der Waals surface area contributed by atoms with E-state index < -0.39 is 16.6 Å². The second kappa shape index (κ2) is 6.86. The van der Waals surface area contributed by atoms with Gasteiger partial charge < -0.3 is 4.12 Å². The molecule has 1 nitrogen and oxygen atoms in total. The monoisotopic (exact) mass is 294 g/mol. The predicted octanol–water partition coefficient (Wildman–Crippen LogP) is 5.37. The Morgan fingerprint density at radius 3 is 2.21 bits per heavy atom. The molecule has 1 atom stereocenters. The molecule has 1 unspecified atom stereocenters. The minimum absolute atomic E-state index is 1.20. The summed E-state index contributed by atoms with van der Waals surface area (Å²) >= 11 is 0. The fourth-order valence-electron chi connectivity index (χ4n) is 2.58. The number of benzene rings is 1. The van der Waals surface area contributed by atoms with Crippen LogP contribution in [0, 0.1) is 6.92 Å². The van der Waals surface area contributed by atoms with Crippen molar-refractivity contribution in [1.82, 2.24) is 0 Å². The fraction of sp³-hybridized carbons (Fsp3) is 0.625. The van der Waals surface area contributed by atoms with Crippen LogP contribution in [0.15, 0.2) is 24.3 Å². The maximum Gasteiger partial charge on any atom is 0.176 e. The van der Waals surface area contributed by atoms with E-state index in [-0.39, 0.29) is 0 Å². The third-order valence-corrected chi connectivity index (χ3v) is 11.0. The molecule has 0 fully saturated rings. The van der Waals surface area contributed by atoms with Gasteiger partial charge >= 0.3 is 0 Å². The van der Waals surface area contributed by atoms with Gasteiger partial charge in [-0.05, 0) is 69.2 Å². The standard InChI is InChI=1S/C16H30OSi2/c1-7-19(6,17-18(3,4)5)14-10-13-16-12-9-8-11-15(16)2/h8-9,11-12H,7,10,13-14H2,1-6H3. The molecule has 0 saturated heterocycles. The van der Waals surface area contributed by atoms with E-state index in [9.17, 15) is 0 Å². The zero-order valence-electron chi connectivity index (χ0n) is 13.5. The van der Waals surface area contributed by atoms with E-state index in [2.05, 4.69) is 64.3 Å². The molecule has 0 heterocycles. The largest absolute Gasteiger partial charge is 0.456 e. The number of hydrogen-bond acceptors (Lipinski definition) is 1. The number of rotatable bonds is 7. The van der Waals surface area contributed by atoms with Crippen molar-refractivity contribution in [3.05, 3.63) is 35.4 Å². The van der Waals surface area contributed by atoms with Crippen molar-refractivity contribution < 1.29 is 4.12 Å². The smallest absolute Gasteiger partial charge is 0.176 e. The van der Waals surface area contributed by atoms with Crippen LogP contribution in [0.2, 0.25) is 38.3 Å². The van der Waals surface area contributed by atoms with Crippen LogP contribution in [0.5, 0.6) is 0 Å². The fourth-order valence-corrected chi connectivity index (χ4v) is 10.8. The lowest BCUT2D eigenvalue weighted by Gasteiger charge is -2.34. The van der Waals surface area contributed by atoms with E-state index in [0.29, 0.717) is 0 Å². The molecule has 1 aromatic carbocycles. The first kappa shape index (κ1) is 16.7. The summed E-state index contributed by atoms with van der Waals surface area (Å²) in [6, 6.07) is 11.3. The Hall–Kier alpha value is -0.386. The average Bonchev–Trinajstić information content (AvgIpc) is 2.29. The summed E-state index contributed by atoms with van der Waals surface area (Å²) in [4.78, 5) is 0. The molecule has 0 radical (unpaired) electrons. The SMILES string of the molecule is CC[Si](C)(CCCc1ccccc1C)O[Si](C)(C)C. The predicted molar refractivity (Wildman–Crippen MR) is 90.8 cm³/mol. The van der Waals surface area contributed by atoms with E-state index in [1.165, 1.54) is 36.1 Å². The normalized spacial score (nSPS) is 15.3. The lowest BCUT2D eigenvalue weighted by atomic mass is 10.1. The first-order valence-corrected chi connectivity index (χ1v) is 13.7. The first-order valence-electron chi connectivity index (χ1n) is 7.50. The van der Waals surface area contributed by atoms with Gasteiger partial charge in [-0.25, -0.2) is 0 Å². The van der Waals surface area contributed by atoms with Gasteiger partial charge in [0.2, 0.25) is 0 Å². The Balaban J connectivity index is 2.53. The van der Waals surface area contributed by atoms with Gasteiger partial charge in [-0.2, -0.15) is 0 Å². The zero-order valence-corrected chi connectivity index (χ0v) is 15.5. The van der Waals surface area contributed by atoms with Crippen LogP contribution in [0.3, 0.4) is 0 Å². The molecule has 0 bridgehead atoms. The van der Waals surface area contributed by atoms with Gasteiger partial charge in [0.15, 0.2) is 16.6 Å². The maximum absolute atomic E-state index is 6.52. The molecule has 108 valence electrons. The highest BCUT2D eigenvalue weighted by Gasteiger charge is 2.31. The molecule has 0 aliphatic heterocycles. The van der Waals surface area contributed by atoms with Crippen LogP contribution in [-0.4, -0.2) is 16.6 Å². The third-order valence-electron chi connectivity index (χ3n) is 3.71. The molecule has 1 aromatic rings. The molecule has 0 N–H and O–H groups in total. The Labute approximate surface area is 121 Å². The van der Waals surface area contributed by atoms with Crippen LogP contribution in [0.25, 0.3) is 0 Å². The van der Waals surface area contributed by atoms with Gasteiger partial charge in [-0.1, -0.05) is 31.2 Å². The average molecular weight is 295 g/mol. The van der Waals surface area contributed by atoms with E-state index in [1.54, 1.807) is 0 Å². The van der Waals surface area contributed by atoms with Crippen molar-refractivity contribution in [2.75, 3.05) is 0 Å². The molecule has 0 spiro atoms. The van der Waals surface area contributed by atoms with Crippen LogP contribution < -0.4 is 0 Å². The lowest BCUT2D eigenvalue weighted by molar-refractivity contribution is 0.535. The van der Waals surface area contributed by atoms with Gasteiger partial charge in [0.1, 0.15) is 0 Å². The van der Waals surface area contributed by atoms with Gasteiger partial charge in [0.05, 0.1) is 0 Å². The first-order chi connectivity index (χ1) is 8.76. The molecular weight excluding hydrogens is 264 g/mol. The second-order valence-electron chi connectivity index (χ2n) is 6.80. The third kappa shape index (κ3) is 6.06.